The minimum absolute atomic E-state index is 0.212. The van der Waals surface area contributed by atoms with E-state index < -0.39 is 6.04 Å². The van der Waals surface area contributed by atoms with Crippen molar-refractivity contribution in [3.05, 3.63) is 59.1 Å². The molecule has 2 aromatic carbocycles. The van der Waals surface area contributed by atoms with Gasteiger partial charge in [0.05, 0.1) is 7.11 Å². The summed E-state index contributed by atoms with van der Waals surface area (Å²) < 4.78 is 5.28. The number of rotatable bonds is 6. The zero-order chi connectivity index (χ0) is 18.5. The van der Waals surface area contributed by atoms with E-state index >= 15 is 0 Å². The highest BCUT2D eigenvalue weighted by atomic mass is 35.5. The highest BCUT2D eigenvalue weighted by molar-refractivity contribution is 6.30. The molecule has 0 aliphatic rings. The Bertz CT molecular complexity index is 895. The lowest BCUT2D eigenvalue weighted by atomic mass is 10.2. The molecule has 1 unspecified atom stereocenters. The number of nitrogens with one attached hydrogen (secondary N) is 1. The number of benzene rings is 2. The Morgan fingerprint density at radius 3 is 2.69 bits per heavy atom. The zero-order valence-electron chi connectivity index (χ0n) is 14.4. The highest BCUT2D eigenvalue weighted by Crippen LogP contribution is 2.19. The summed E-state index contributed by atoms with van der Waals surface area (Å²) in [6.07, 6.45) is 0. The summed E-state index contributed by atoms with van der Waals surface area (Å²) in [6.45, 7) is 2.07. The molecule has 0 aliphatic heterocycles. The number of carbonyl (C=O) groups excluding carboxylic acids is 1. The Balaban J connectivity index is 1.66. The van der Waals surface area contributed by atoms with Gasteiger partial charge in [-0.1, -0.05) is 29.8 Å². The number of methoxy groups -OCH3 is 1. The Labute approximate surface area is 155 Å². The van der Waals surface area contributed by atoms with Crippen molar-refractivity contribution < 1.29 is 9.53 Å². The smallest absolute Gasteiger partial charge is 0.246 e. The first-order chi connectivity index (χ1) is 12.6. The van der Waals surface area contributed by atoms with Crippen LogP contribution in [0.25, 0.3) is 11.4 Å². The third-order valence-corrected chi connectivity index (χ3v) is 4.15. The fourth-order valence-corrected chi connectivity index (χ4v) is 2.51. The predicted octanol–water partition coefficient (Wildman–Crippen LogP) is 2.88. The third-order valence-electron chi connectivity index (χ3n) is 3.90. The maximum Gasteiger partial charge on any atom is 0.246 e. The monoisotopic (exact) mass is 371 g/mol. The molecule has 3 aromatic rings. The van der Waals surface area contributed by atoms with Crippen LogP contribution in [0.2, 0.25) is 5.02 Å². The fraction of sp³-hybridized carbons (Fsp3) is 0.222. The molecule has 26 heavy (non-hydrogen) atoms. The molecular formula is C18H18ClN5O2. The molecule has 1 N–H and O–H groups in total. The third kappa shape index (κ3) is 4.00. The molecule has 0 fully saturated rings. The predicted molar refractivity (Wildman–Crippen MR) is 97.8 cm³/mol. The summed E-state index contributed by atoms with van der Waals surface area (Å²) in [5.74, 6) is 0.950. The summed E-state index contributed by atoms with van der Waals surface area (Å²) >= 11 is 5.88. The van der Waals surface area contributed by atoms with Gasteiger partial charge < -0.3 is 10.1 Å². The van der Waals surface area contributed by atoms with Crippen LogP contribution in [0.3, 0.4) is 0 Å². The van der Waals surface area contributed by atoms with Crippen molar-refractivity contribution in [1.82, 2.24) is 25.5 Å². The average Bonchev–Trinajstić information content (AvgIpc) is 3.16. The number of amides is 1. The lowest BCUT2D eigenvalue weighted by molar-refractivity contribution is -0.124. The lowest BCUT2D eigenvalue weighted by Gasteiger charge is -2.12. The van der Waals surface area contributed by atoms with Crippen molar-refractivity contribution in [1.29, 1.82) is 0 Å². The molecule has 8 heteroatoms. The van der Waals surface area contributed by atoms with E-state index in [1.165, 1.54) is 4.80 Å². The number of aromatic nitrogens is 4. The van der Waals surface area contributed by atoms with E-state index in [4.69, 9.17) is 16.3 Å². The summed E-state index contributed by atoms with van der Waals surface area (Å²) in [5.41, 5.74) is 1.67. The van der Waals surface area contributed by atoms with Crippen molar-refractivity contribution in [3.8, 4) is 17.1 Å². The molecule has 1 atom stereocenters. The Kier molecular flexibility index (Phi) is 5.48. The van der Waals surface area contributed by atoms with Crippen molar-refractivity contribution >= 4 is 17.5 Å². The normalized spacial score (nSPS) is 11.8. The standard InChI is InChI=1S/C18H18ClN5O2/c1-12(18(25)20-11-14-5-3-4-6-16(14)26-2)24-22-17(21-23-24)13-7-9-15(19)10-8-13/h3-10,12H,11H2,1-2H3,(H,20,25). The maximum atomic E-state index is 12.4. The van der Waals surface area contributed by atoms with Gasteiger partial charge in [-0.05, 0) is 42.5 Å². The quantitative estimate of drug-likeness (QED) is 0.720. The van der Waals surface area contributed by atoms with Gasteiger partial charge in [0.15, 0.2) is 0 Å². The number of tetrazole rings is 1. The first-order valence-corrected chi connectivity index (χ1v) is 8.41. The van der Waals surface area contributed by atoms with Gasteiger partial charge >= 0.3 is 0 Å². The van der Waals surface area contributed by atoms with Crippen LogP contribution in [-0.4, -0.2) is 33.2 Å². The van der Waals surface area contributed by atoms with Gasteiger partial charge in [-0.2, -0.15) is 4.80 Å². The number of para-hydroxylation sites is 1. The summed E-state index contributed by atoms with van der Waals surface area (Å²) in [4.78, 5) is 13.7. The molecule has 0 spiro atoms. The number of nitrogens with zero attached hydrogens (tertiary/aromatic N) is 4. The number of carbonyl (C=O) groups is 1. The van der Waals surface area contributed by atoms with Crippen molar-refractivity contribution in [2.75, 3.05) is 7.11 Å². The fourth-order valence-electron chi connectivity index (χ4n) is 2.39. The van der Waals surface area contributed by atoms with E-state index in [0.29, 0.717) is 17.4 Å². The Morgan fingerprint density at radius 1 is 1.23 bits per heavy atom. The van der Waals surface area contributed by atoms with Crippen LogP contribution < -0.4 is 10.1 Å². The van der Waals surface area contributed by atoms with Crippen LogP contribution in [0.4, 0.5) is 0 Å². The minimum atomic E-state index is -0.599. The number of halogens is 1. The van der Waals surface area contributed by atoms with Crippen LogP contribution in [-0.2, 0) is 11.3 Å². The van der Waals surface area contributed by atoms with E-state index in [0.717, 1.165) is 16.9 Å². The van der Waals surface area contributed by atoms with E-state index in [-0.39, 0.29) is 5.91 Å². The van der Waals surface area contributed by atoms with Crippen LogP contribution in [0.15, 0.2) is 48.5 Å². The number of hydrogen-bond acceptors (Lipinski definition) is 5. The molecule has 1 amide bonds. The van der Waals surface area contributed by atoms with Crippen LogP contribution >= 0.6 is 11.6 Å². The van der Waals surface area contributed by atoms with E-state index in [1.807, 2.05) is 24.3 Å². The van der Waals surface area contributed by atoms with Gasteiger partial charge in [-0.25, -0.2) is 0 Å². The van der Waals surface area contributed by atoms with Gasteiger partial charge in [-0.3, -0.25) is 4.79 Å². The number of hydrogen-bond donors (Lipinski definition) is 1. The van der Waals surface area contributed by atoms with Gasteiger partial charge in [0.1, 0.15) is 11.8 Å². The lowest BCUT2D eigenvalue weighted by Crippen LogP contribution is -2.31. The second-order valence-corrected chi connectivity index (χ2v) is 6.08. The topological polar surface area (TPSA) is 81.9 Å². The second kappa shape index (κ2) is 7.97. The van der Waals surface area contributed by atoms with Crippen LogP contribution in [0, 0.1) is 0 Å². The number of ether oxygens (including phenoxy) is 1. The highest BCUT2D eigenvalue weighted by Gasteiger charge is 2.19. The molecule has 1 heterocycles. The van der Waals surface area contributed by atoms with Gasteiger partial charge in [0.2, 0.25) is 11.7 Å². The molecule has 134 valence electrons. The molecule has 0 radical (unpaired) electrons. The summed E-state index contributed by atoms with van der Waals surface area (Å²) in [7, 11) is 1.60. The van der Waals surface area contributed by atoms with Crippen LogP contribution in [0.1, 0.15) is 18.5 Å². The van der Waals surface area contributed by atoms with Crippen molar-refractivity contribution in [3.63, 3.8) is 0 Å². The molecule has 0 saturated carbocycles. The Morgan fingerprint density at radius 2 is 1.96 bits per heavy atom. The van der Waals surface area contributed by atoms with E-state index in [1.54, 1.807) is 38.3 Å². The zero-order valence-corrected chi connectivity index (χ0v) is 15.1. The van der Waals surface area contributed by atoms with Gasteiger partial charge in [0.25, 0.3) is 0 Å². The first-order valence-electron chi connectivity index (χ1n) is 8.03. The van der Waals surface area contributed by atoms with Crippen molar-refractivity contribution in [2.45, 2.75) is 19.5 Å². The van der Waals surface area contributed by atoms with Gasteiger partial charge in [-0.15, -0.1) is 10.2 Å². The second-order valence-electron chi connectivity index (χ2n) is 5.65. The van der Waals surface area contributed by atoms with Crippen molar-refractivity contribution in [2.24, 2.45) is 0 Å². The molecule has 0 aliphatic carbocycles. The molecule has 7 nitrogen and oxygen atoms in total. The van der Waals surface area contributed by atoms with E-state index in [9.17, 15) is 4.79 Å². The largest absolute Gasteiger partial charge is 0.496 e. The van der Waals surface area contributed by atoms with E-state index in [2.05, 4.69) is 20.7 Å². The summed E-state index contributed by atoms with van der Waals surface area (Å²) in [5, 5.41) is 15.8. The minimum Gasteiger partial charge on any atom is -0.496 e. The first kappa shape index (κ1) is 17.9. The summed E-state index contributed by atoms with van der Waals surface area (Å²) in [6, 6.07) is 14.0. The molecule has 0 bridgehead atoms. The average molecular weight is 372 g/mol. The molecule has 3 rings (SSSR count). The van der Waals surface area contributed by atoms with Gasteiger partial charge in [0, 0.05) is 22.7 Å². The molecular weight excluding hydrogens is 354 g/mol. The van der Waals surface area contributed by atoms with Crippen LogP contribution in [0.5, 0.6) is 5.75 Å². The SMILES string of the molecule is COc1ccccc1CNC(=O)C(C)n1nnc(-c2ccc(Cl)cc2)n1. The Hall–Kier alpha value is -2.93. The molecule has 0 saturated heterocycles. The molecule has 1 aromatic heterocycles. The maximum absolute atomic E-state index is 12.4.